The molecule has 0 aromatic carbocycles. The van der Waals surface area contributed by atoms with E-state index in [0.29, 0.717) is 0 Å². The molecule has 5 aliphatic rings. The summed E-state index contributed by atoms with van der Waals surface area (Å²) in [6, 6.07) is -3.14. The Morgan fingerprint density at radius 3 is 1.39 bits per heavy atom. The first-order valence-corrected chi connectivity index (χ1v) is 19.6. The maximum absolute atomic E-state index is 12.4. The van der Waals surface area contributed by atoms with Crippen LogP contribution in [0.1, 0.15) is 13.8 Å². The highest BCUT2D eigenvalue weighted by Gasteiger charge is 2.56. The van der Waals surface area contributed by atoms with Crippen molar-refractivity contribution in [3.63, 3.8) is 0 Å². The number of hydrogen-bond donors (Lipinski definition) is 17. The Bertz CT molecular complexity index is 1440. The fourth-order valence-electron chi connectivity index (χ4n) is 7.73. The summed E-state index contributed by atoms with van der Waals surface area (Å²) in [6.07, 6.45) is -41.7. The molecule has 0 spiro atoms. The lowest BCUT2D eigenvalue weighted by molar-refractivity contribution is -0.382. The van der Waals surface area contributed by atoms with Gasteiger partial charge in [-0.15, -0.1) is 0 Å². The SMILES string of the molecule is CC(=O)N[C@@H]1[C@@H](O)[C@H](O[C@@H]2O[C@H](CO)[C@@H](O[C@@H]3O[C@H](CO)[C@@H](O)[C@H](O[C@H]4O[C@H](CO[C@H]5O[C@H](CO)[C@@H](O)[C@H](O)[C@@H]5O)[C@@H](O)[C@H](O)[C@@H]4O)[C@@H]3O)[C@H](O)[C@H]2NC(C)=O)[C@@H](CO)O[C@H]1O. The maximum atomic E-state index is 12.4. The van der Waals surface area contributed by atoms with Gasteiger partial charge in [0.15, 0.2) is 31.5 Å². The normalized spacial score (nSPS) is 49.0. The minimum atomic E-state index is -2.15. The second kappa shape index (κ2) is 22.0. The van der Waals surface area contributed by atoms with Crippen LogP contribution in [0.3, 0.4) is 0 Å². The van der Waals surface area contributed by atoms with E-state index in [1.165, 1.54) is 0 Å². The number of nitrogens with one attached hydrogen (secondary N) is 2. The van der Waals surface area contributed by atoms with Crippen LogP contribution in [-0.2, 0) is 52.2 Å². The van der Waals surface area contributed by atoms with Gasteiger partial charge in [-0.1, -0.05) is 0 Å². The minimum absolute atomic E-state index is 0.683. The third-order valence-electron chi connectivity index (χ3n) is 11.1. The van der Waals surface area contributed by atoms with E-state index in [4.69, 9.17) is 42.6 Å². The molecule has 17 N–H and O–H groups in total. The molecule has 0 radical (unpaired) electrons. The van der Waals surface area contributed by atoms with Crippen LogP contribution in [-0.4, -0.2) is 275 Å². The molecule has 0 aromatic heterocycles. The monoisotopic (exact) mass is 910 g/mol. The zero-order valence-corrected chi connectivity index (χ0v) is 33.2. The van der Waals surface area contributed by atoms with Crippen molar-refractivity contribution in [2.24, 2.45) is 0 Å². The summed E-state index contributed by atoms with van der Waals surface area (Å²) in [5.74, 6) is -1.46. The molecule has 0 saturated carbocycles. The predicted molar refractivity (Wildman–Crippen MR) is 190 cm³/mol. The molecule has 2 amide bonds. The average Bonchev–Trinajstić information content (AvgIpc) is 3.23. The summed E-state index contributed by atoms with van der Waals surface area (Å²) < 4.78 is 50.4. The molecule has 0 aromatic rings. The lowest BCUT2D eigenvalue weighted by Crippen LogP contribution is -2.70. The largest absolute Gasteiger partial charge is 0.394 e. The van der Waals surface area contributed by atoms with Crippen LogP contribution in [0.15, 0.2) is 0 Å². The zero-order chi connectivity index (χ0) is 45.9. The van der Waals surface area contributed by atoms with Gasteiger partial charge in [0.1, 0.15) is 122 Å². The Morgan fingerprint density at radius 1 is 0.419 bits per heavy atom. The van der Waals surface area contributed by atoms with Crippen LogP contribution < -0.4 is 10.6 Å². The van der Waals surface area contributed by atoms with Crippen molar-refractivity contribution in [3.05, 3.63) is 0 Å². The number of ether oxygens (including phenoxy) is 9. The Kier molecular flexibility index (Phi) is 18.1. The van der Waals surface area contributed by atoms with E-state index in [0.717, 1.165) is 13.8 Å². The Hall–Kier alpha value is -2.02. The van der Waals surface area contributed by atoms with Gasteiger partial charge in [0.25, 0.3) is 0 Å². The summed E-state index contributed by atoms with van der Waals surface area (Å²) in [4.78, 5) is 24.1. The van der Waals surface area contributed by atoms with Gasteiger partial charge in [0.05, 0.1) is 33.0 Å². The molecule has 5 rings (SSSR count). The maximum Gasteiger partial charge on any atom is 0.217 e. The van der Waals surface area contributed by atoms with Crippen molar-refractivity contribution < 1.29 is 129 Å². The number of rotatable bonds is 15. The van der Waals surface area contributed by atoms with Crippen molar-refractivity contribution >= 4 is 11.8 Å². The van der Waals surface area contributed by atoms with Crippen LogP contribution in [0.5, 0.6) is 0 Å². The number of aliphatic hydroxyl groups is 15. The molecule has 28 heteroatoms. The van der Waals surface area contributed by atoms with Crippen LogP contribution in [0.4, 0.5) is 0 Å². The molecule has 5 saturated heterocycles. The fourth-order valence-corrected chi connectivity index (χ4v) is 7.73. The van der Waals surface area contributed by atoms with Crippen molar-refractivity contribution in [2.75, 3.05) is 33.0 Å². The van der Waals surface area contributed by atoms with Crippen molar-refractivity contribution in [3.8, 4) is 0 Å². The summed E-state index contributed by atoms with van der Waals surface area (Å²) in [5, 5.41) is 163. The molecule has 5 fully saturated rings. The molecule has 5 heterocycles. The van der Waals surface area contributed by atoms with Crippen molar-refractivity contribution in [2.45, 2.75) is 167 Å². The molecule has 0 aliphatic carbocycles. The number of carbonyl (C=O) groups excluding carboxylic acids is 2. The second-order valence-corrected chi connectivity index (χ2v) is 15.5. The third kappa shape index (κ3) is 11.0. The van der Waals surface area contributed by atoms with Crippen LogP contribution in [0.25, 0.3) is 0 Å². The van der Waals surface area contributed by atoms with E-state index in [1.54, 1.807) is 0 Å². The van der Waals surface area contributed by atoms with Crippen LogP contribution >= 0.6 is 0 Å². The van der Waals surface area contributed by atoms with E-state index >= 15 is 0 Å². The quantitative estimate of drug-likeness (QED) is 0.0725. The molecule has 28 nitrogen and oxygen atoms in total. The van der Waals surface area contributed by atoms with E-state index < -0.39 is 198 Å². The molecular weight excluding hydrogens is 852 g/mol. The first-order chi connectivity index (χ1) is 29.3. The Morgan fingerprint density at radius 2 is 0.823 bits per heavy atom. The first kappa shape index (κ1) is 51.0. The molecule has 62 heavy (non-hydrogen) atoms. The topological polar surface area (TPSA) is 445 Å². The molecule has 360 valence electrons. The summed E-state index contributed by atoms with van der Waals surface area (Å²) >= 11 is 0. The standard InChI is InChI=1S/C34H58N2O26/c1-8(41)35-15-20(46)27(12(5-39)55-30(15)53)60-31-16(36-9(2)42)21(47)28(13(6-40)58-31)61-34-26(52)29(19(45)11(4-38)57-34)62-33-25(51)23(49)18(44)14(59-33)7-54-32-24(50)22(48)17(43)10(3-37)56-32/h10-34,37-40,43-53H,3-7H2,1-2H3,(H,35,41)(H,36,42)/t10-,11-,12-,13-,14-,15-,16-,17-,18-,19-,20-,21-,22+,23+,24+,25+,26+,27-,28-,29+,30-,31+,32+,33-,34+/m1/s1. The first-order valence-electron chi connectivity index (χ1n) is 19.6. The van der Waals surface area contributed by atoms with Gasteiger partial charge >= 0.3 is 0 Å². The third-order valence-corrected chi connectivity index (χ3v) is 11.1. The fraction of sp³-hybridized carbons (Fsp3) is 0.941. The van der Waals surface area contributed by atoms with Crippen molar-refractivity contribution in [1.82, 2.24) is 10.6 Å². The molecule has 25 atom stereocenters. The van der Waals surface area contributed by atoms with Gasteiger partial charge in [-0.2, -0.15) is 0 Å². The molecule has 0 unspecified atom stereocenters. The molecular formula is C34H58N2O26. The van der Waals surface area contributed by atoms with Gasteiger partial charge in [-0.05, 0) is 0 Å². The number of aliphatic hydroxyl groups excluding tert-OH is 15. The van der Waals surface area contributed by atoms with E-state index in [9.17, 15) is 86.2 Å². The van der Waals surface area contributed by atoms with Gasteiger partial charge < -0.3 is 130 Å². The number of amides is 2. The summed E-state index contributed by atoms with van der Waals surface area (Å²) in [7, 11) is 0. The highest BCUT2D eigenvalue weighted by molar-refractivity contribution is 5.73. The summed E-state index contributed by atoms with van der Waals surface area (Å²) in [5.41, 5.74) is 0. The van der Waals surface area contributed by atoms with Crippen molar-refractivity contribution in [1.29, 1.82) is 0 Å². The Balaban J connectivity index is 1.32. The second-order valence-electron chi connectivity index (χ2n) is 15.5. The highest BCUT2D eigenvalue weighted by Crippen LogP contribution is 2.35. The molecule has 5 aliphatic heterocycles. The van der Waals surface area contributed by atoms with Gasteiger partial charge in [-0.3, -0.25) is 9.59 Å². The number of carbonyl (C=O) groups is 2. The average molecular weight is 911 g/mol. The molecule has 0 bridgehead atoms. The minimum Gasteiger partial charge on any atom is -0.394 e. The Labute approximate surface area is 351 Å². The highest BCUT2D eigenvalue weighted by atomic mass is 16.8. The predicted octanol–water partition coefficient (Wildman–Crippen LogP) is -11.6. The van der Waals surface area contributed by atoms with Gasteiger partial charge in [0, 0.05) is 13.8 Å². The number of hydrogen-bond acceptors (Lipinski definition) is 26. The van der Waals surface area contributed by atoms with Crippen LogP contribution in [0, 0.1) is 0 Å². The lowest BCUT2D eigenvalue weighted by Gasteiger charge is -2.50. The van der Waals surface area contributed by atoms with Gasteiger partial charge in [0.2, 0.25) is 11.8 Å². The van der Waals surface area contributed by atoms with Crippen LogP contribution in [0.2, 0.25) is 0 Å². The van der Waals surface area contributed by atoms with E-state index in [2.05, 4.69) is 10.6 Å². The zero-order valence-electron chi connectivity index (χ0n) is 33.2. The van der Waals surface area contributed by atoms with E-state index in [-0.39, 0.29) is 0 Å². The van der Waals surface area contributed by atoms with Gasteiger partial charge in [-0.25, -0.2) is 0 Å². The smallest absolute Gasteiger partial charge is 0.217 e. The van der Waals surface area contributed by atoms with E-state index in [1.807, 2.05) is 0 Å². The lowest BCUT2D eigenvalue weighted by atomic mass is 9.94. The summed E-state index contributed by atoms with van der Waals surface area (Å²) in [6.45, 7) is -2.21.